The van der Waals surface area contributed by atoms with E-state index in [0.717, 1.165) is 30.0 Å². The zero-order valence-electron chi connectivity index (χ0n) is 18.8. The smallest absolute Gasteiger partial charge is 0.286 e. The van der Waals surface area contributed by atoms with Gasteiger partial charge in [0.15, 0.2) is 0 Å². The second-order valence-electron chi connectivity index (χ2n) is 8.40. The molecule has 0 bridgehead atoms. The zero-order valence-corrected chi connectivity index (χ0v) is 20.3. The highest BCUT2D eigenvalue weighted by atomic mass is 35.5. The number of halogens is 2. The van der Waals surface area contributed by atoms with E-state index in [0.29, 0.717) is 21.4 Å². The fraction of sp³-hybridized carbons (Fsp3) is 0.231. The van der Waals surface area contributed by atoms with E-state index in [1.54, 1.807) is 19.2 Å². The second-order valence-corrected chi connectivity index (χ2v) is 9.25. The summed E-state index contributed by atoms with van der Waals surface area (Å²) in [6, 6.07) is 20.9. The number of para-hydroxylation sites is 1. The number of anilines is 2. The molecule has 174 valence electrons. The van der Waals surface area contributed by atoms with E-state index < -0.39 is 0 Å². The molecule has 1 amide bonds. The Morgan fingerprint density at radius 1 is 1.06 bits per heavy atom. The number of methoxy groups -OCH3 is 1. The van der Waals surface area contributed by atoms with Gasteiger partial charge in [-0.05, 0) is 53.9 Å². The molecule has 0 spiro atoms. The fourth-order valence-corrected chi connectivity index (χ4v) is 5.11. The molecular weight excluding hydrogens is 471 g/mol. The Morgan fingerprint density at radius 3 is 2.56 bits per heavy atom. The number of carbonyl (C=O) groups is 1. The van der Waals surface area contributed by atoms with Gasteiger partial charge in [0.1, 0.15) is 11.5 Å². The first kappa shape index (κ1) is 22.6. The Labute approximate surface area is 208 Å². The largest absolute Gasteiger partial charge is 0.497 e. The topological polar surface area (TPSA) is 57.2 Å². The molecule has 2 atom stereocenters. The lowest BCUT2D eigenvalue weighted by molar-refractivity contribution is -0.115. The molecule has 0 saturated heterocycles. The highest BCUT2D eigenvalue weighted by Crippen LogP contribution is 2.42. The van der Waals surface area contributed by atoms with Crippen LogP contribution in [0.3, 0.4) is 0 Å². The number of carbonyl (C=O) groups excluding carboxylic acids is 1. The average Bonchev–Trinajstić information content (AvgIpc) is 3.40. The van der Waals surface area contributed by atoms with E-state index >= 15 is 0 Å². The molecule has 8 heteroatoms. The van der Waals surface area contributed by atoms with E-state index in [1.165, 1.54) is 5.56 Å². The first-order valence-electron chi connectivity index (χ1n) is 11.1. The van der Waals surface area contributed by atoms with E-state index in [9.17, 15) is 4.79 Å². The Balaban J connectivity index is 1.48. The van der Waals surface area contributed by atoms with Crippen molar-refractivity contribution in [2.45, 2.75) is 19.4 Å². The van der Waals surface area contributed by atoms with Crippen LogP contribution in [-0.4, -0.2) is 25.3 Å². The number of hydrazone groups is 1. The maximum absolute atomic E-state index is 13.4. The maximum Gasteiger partial charge on any atom is 0.286 e. The van der Waals surface area contributed by atoms with Crippen LogP contribution < -0.4 is 20.2 Å². The summed E-state index contributed by atoms with van der Waals surface area (Å²) < 4.78 is 5.32. The van der Waals surface area contributed by atoms with Gasteiger partial charge in [-0.2, -0.15) is 5.10 Å². The quantitative estimate of drug-likeness (QED) is 0.497. The zero-order chi connectivity index (χ0) is 23.8. The third-order valence-electron chi connectivity index (χ3n) is 6.35. The maximum atomic E-state index is 13.4. The van der Waals surface area contributed by atoms with E-state index in [-0.39, 0.29) is 17.9 Å². The Kier molecular flexibility index (Phi) is 6.11. The molecule has 2 aliphatic rings. The molecule has 3 aromatic rings. The SMILES string of the molecule is COc1ccc([C@@H]2[C@H](C)C(C(=O)NN3CCc4ccccc43)=NN2c2ccc(Cl)cc2Cl)cc1. The third-order valence-corrected chi connectivity index (χ3v) is 6.89. The fourth-order valence-electron chi connectivity index (χ4n) is 4.62. The molecule has 2 aliphatic heterocycles. The monoisotopic (exact) mass is 494 g/mol. The molecule has 0 saturated carbocycles. The number of ether oxygens (including phenoxy) is 1. The van der Waals surface area contributed by atoms with Gasteiger partial charge in [0, 0.05) is 17.5 Å². The van der Waals surface area contributed by atoms with Crippen LogP contribution in [0.2, 0.25) is 10.0 Å². The van der Waals surface area contributed by atoms with Gasteiger partial charge < -0.3 is 4.74 Å². The van der Waals surface area contributed by atoms with Crippen molar-refractivity contribution in [3.63, 3.8) is 0 Å². The first-order valence-corrected chi connectivity index (χ1v) is 11.8. The summed E-state index contributed by atoms with van der Waals surface area (Å²) in [4.78, 5) is 13.4. The molecular formula is C26H24Cl2N4O2. The van der Waals surface area contributed by atoms with Gasteiger partial charge in [-0.1, -0.05) is 60.5 Å². The van der Waals surface area contributed by atoms with Crippen molar-refractivity contribution in [3.8, 4) is 5.75 Å². The van der Waals surface area contributed by atoms with Crippen LogP contribution >= 0.6 is 23.2 Å². The molecule has 1 N–H and O–H groups in total. The Morgan fingerprint density at radius 2 is 1.82 bits per heavy atom. The molecule has 6 nitrogen and oxygen atoms in total. The van der Waals surface area contributed by atoms with Crippen molar-refractivity contribution < 1.29 is 9.53 Å². The summed E-state index contributed by atoms with van der Waals surface area (Å²) in [6.07, 6.45) is 0.888. The number of hydrogen-bond acceptors (Lipinski definition) is 5. The standard InChI is InChI=1S/C26H24Cl2N4O2/c1-16-24(26(33)30-31-14-13-17-5-3-4-6-22(17)31)29-32(23-12-9-19(27)15-21(23)28)25(16)18-7-10-20(34-2)11-8-18/h3-12,15-16,25H,13-14H2,1-2H3,(H,30,33)/t16-,25+/m1/s1. The average molecular weight is 495 g/mol. The molecule has 0 aliphatic carbocycles. The van der Waals surface area contributed by atoms with Crippen LogP contribution in [-0.2, 0) is 11.2 Å². The number of amides is 1. The summed E-state index contributed by atoms with van der Waals surface area (Å²) in [5.41, 5.74) is 7.42. The number of benzene rings is 3. The van der Waals surface area contributed by atoms with Gasteiger partial charge in [-0.3, -0.25) is 20.2 Å². The molecule has 2 heterocycles. The number of rotatable bonds is 5. The van der Waals surface area contributed by atoms with Gasteiger partial charge in [-0.25, -0.2) is 0 Å². The summed E-state index contributed by atoms with van der Waals surface area (Å²) in [7, 11) is 1.63. The van der Waals surface area contributed by atoms with Crippen molar-refractivity contribution in [1.29, 1.82) is 0 Å². The lowest BCUT2D eigenvalue weighted by atomic mass is 9.91. The molecule has 0 unspecified atom stereocenters. The Bertz CT molecular complexity index is 1260. The van der Waals surface area contributed by atoms with E-state index in [2.05, 4.69) is 11.5 Å². The van der Waals surface area contributed by atoms with Crippen molar-refractivity contribution in [2.75, 3.05) is 23.7 Å². The number of hydrazine groups is 1. The minimum atomic E-state index is -0.227. The van der Waals surface area contributed by atoms with Crippen molar-refractivity contribution in [1.82, 2.24) is 5.43 Å². The van der Waals surface area contributed by atoms with Crippen molar-refractivity contribution in [3.05, 3.63) is 87.9 Å². The summed E-state index contributed by atoms with van der Waals surface area (Å²) in [5, 5.41) is 9.50. The van der Waals surface area contributed by atoms with Crippen LogP contribution in [0.15, 0.2) is 71.8 Å². The first-order chi connectivity index (χ1) is 16.5. The Hall–Kier alpha value is -3.22. The van der Waals surface area contributed by atoms with Gasteiger partial charge in [0.25, 0.3) is 5.91 Å². The third kappa shape index (κ3) is 4.08. The molecule has 34 heavy (non-hydrogen) atoms. The molecule has 3 aromatic carbocycles. The van der Waals surface area contributed by atoms with E-state index in [4.69, 9.17) is 33.0 Å². The minimum Gasteiger partial charge on any atom is -0.497 e. The van der Waals surface area contributed by atoms with E-state index in [1.807, 2.05) is 65.5 Å². The predicted octanol–water partition coefficient (Wildman–Crippen LogP) is 5.65. The predicted molar refractivity (Wildman–Crippen MR) is 137 cm³/mol. The summed E-state index contributed by atoms with van der Waals surface area (Å²) >= 11 is 12.7. The molecule has 5 rings (SSSR count). The molecule has 0 radical (unpaired) electrons. The lowest BCUT2D eigenvalue weighted by Gasteiger charge is -2.28. The number of nitrogens with zero attached hydrogens (tertiary/aromatic N) is 3. The van der Waals surface area contributed by atoms with Crippen LogP contribution in [0.4, 0.5) is 11.4 Å². The number of nitrogens with one attached hydrogen (secondary N) is 1. The van der Waals surface area contributed by atoms with Crippen molar-refractivity contribution >= 4 is 46.2 Å². The molecule has 0 fully saturated rings. The second kappa shape index (κ2) is 9.20. The summed E-state index contributed by atoms with van der Waals surface area (Å²) in [5.74, 6) is 0.338. The highest BCUT2D eigenvalue weighted by Gasteiger charge is 2.40. The van der Waals surface area contributed by atoms with Crippen LogP contribution in [0, 0.1) is 5.92 Å². The van der Waals surface area contributed by atoms with Crippen LogP contribution in [0.5, 0.6) is 5.75 Å². The number of fused-ring (bicyclic) bond motifs is 1. The molecule has 0 aromatic heterocycles. The van der Waals surface area contributed by atoms with Crippen molar-refractivity contribution in [2.24, 2.45) is 11.0 Å². The van der Waals surface area contributed by atoms with Crippen LogP contribution in [0.25, 0.3) is 0 Å². The van der Waals surface area contributed by atoms with Gasteiger partial charge in [-0.15, -0.1) is 0 Å². The van der Waals surface area contributed by atoms with Gasteiger partial charge in [0.05, 0.1) is 29.5 Å². The minimum absolute atomic E-state index is 0.196. The van der Waals surface area contributed by atoms with Crippen LogP contribution in [0.1, 0.15) is 24.1 Å². The number of hydrogen-bond donors (Lipinski definition) is 1. The normalized spacial score (nSPS) is 19.1. The lowest BCUT2D eigenvalue weighted by Crippen LogP contribution is -2.45. The van der Waals surface area contributed by atoms with Gasteiger partial charge in [0.2, 0.25) is 0 Å². The summed E-state index contributed by atoms with van der Waals surface area (Å²) in [6.45, 7) is 2.73. The highest BCUT2D eigenvalue weighted by molar-refractivity contribution is 6.41. The van der Waals surface area contributed by atoms with Gasteiger partial charge >= 0.3 is 0 Å².